The van der Waals surface area contributed by atoms with E-state index in [-0.39, 0.29) is 5.54 Å². The number of hydrogen-bond acceptors (Lipinski definition) is 3. The summed E-state index contributed by atoms with van der Waals surface area (Å²) >= 11 is 0. The molecule has 0 spiro atoms. The first kappa shape index (κ1) is 12.9. The normalized spacial score (nSPS) is 32.7. The molecule has 3 heteroatoms. The van der Waals surface area contributed by atoms with Gasteiger partial charge in [-0.05, 0) is 57.4 Å². The molecule has 3 aliphatic rings. The van der Waals surface area contributed by atoms with Crippen molar-refractivity contribution >= 4 is 0 Å². The van der Waals surface area contributed by atoms with Gasteiger partial charge in [0.2, 0.25) is 0 Å². The molecule has 0 aromatic heterocycles. The maximum atomic E-state index is 9.99. The van der Waals surface area contributed by atoms with Crippen molar-refractivity contribution in [1.29, 1.82) is 0 Å². The van der Waals surface area contributed by atoms with Gasteiger partial charge in [-0.3, -0.25) is 4.90 Å². The van der Waals surface area contributed by atoms with Crippen molar-refractivity contribution in [1.82, 2.24) is 10.2 Å². The summed E-state index contributed by atoms with van der Waals surface area (Å²) in [5, 5.41) is 13.8. The van der Waals surface area contributed by atoms with Gasteiger partial charge >= 0.3 is 0 Å². The first-order chi connectivity index (χ1) is 8.77. The van der Waals surface area contributed by atoms with E-state index >= 15 is 0 Å². The minimum atomic E-state index is 0.0128. The molecule has 3 nitrogen and oxygen atoms in total. The molecule has 1 heterocycles. The van der Waals surface area contributed by atoms with Crippen LogP contribution in [0.5, 0.6) is 0 Å². The van der Waals surface area contributed by atoms with E-state index in [0.717, 1.165) is 18.5 Å². The molecule has 1 saturated heterocycles. The van der Waals surface area contributed by atoms with Crippen molar-refractivity contribution in [2.75, 3.05) is 19.7 Å². The molecule has 3 fully saturated rings. The number of likely N-dealkylation sites (tertiary alicyclic amines) is 1. The van der Waals surface area contributed by atoms with Crippen LogP contribution in [0.4, 0.5) is 0 Å². The lowest BCUT2D eigenvalue weighted by molar-refractivity contribution is 0.0825. The SMILES string of the molecule is CCC1CCCN1CC(CO)(NC1CC1)C1CC1. The molecule has 2 atom stereocenters. The summed E-state index contributed by atoms with van der Waals surface area (Å²) < 4.78 is 0. The van der Waals surface area contributed by atoms with Gasteiger partial charge in [0.1, 0.15) is 0 Å². The van der Waals surface area contributed by atoms with E-state index in [1.54, 1.807) is 0 Å². The molecule has 2 unspecified atom stereocenters. The van der Waals surface area contributed by atoms with E-state index in [1.807, 2.05) is 0 Å². The van der Waals surface area contributed by atoms with E-state index in [9.17, 15) is 5.11 Å². The molecule has 0 aromatic carbocycles. The highest BCUT2D eigenvalue weighted by molar-refractivity contribution is 5.07. The van der Waals surface area contributed by atoms with E-state index < -0.39 is 0 Å². The Morgan fingerprint density at radius 1 is 1.22 bits per heavy atom. The number of hydrogen-bond donors (Lipinski definition) is 2. The lowest BCUT2D eigenvalue weighted by Crippen LogP contribution is -2.59. The fourth-order valence-corrected chi connectivity index (χ4v) is 3.72. The van der Waals surface area contributed by atoms with E-state index in [0.29, 0.717) is 12.6 Å². The van der Waals surface area contributed by atoms with Crippen LogP contribution in [0, 0.1) is 5.92 Å². The molecular weight excluding hydrogens is 224 g/mol. The fraction of sp³-hybridized carbons (Fsp3) is 1.00. The summed E-state index contributed by atoms with van der Waals surface area (Å²) in [4.78, 5) is 2.64. The molecule has 104 valence electrons. The van der Waals surface area contributed by atoms with Gasteiger partial charge in [-0.1, -0.05) is 6.92 Å². The number of nitrogens with one attached hydrogen (secondary N) is 1. The third kappa shape index (κ3) is 2.59. The molecule has 2 N–H and O–H groups in total. The molecule has 3 rings (SSSR count). The van der Waals surface area contributed by atoms with Crippen LogP contribution in [0.25, 0.3) is 0 Å². The molecule has 0 amide bonds. The third-order valence-corrected chi connectivity index (χ3v) is 5.17. The molecule has 0 aromatic rings. The van der Waals surface area contributed by atoms with Crippen molar-refractivity contribution in [2.24, 2.45) is 5.92 Å². The monoisotopic (exact) mass is 252 g/mol. The van der Waals surface area contributed by atoms with Crippen LogP contribution in [-0.4, -0.2) is 47.3 Å². The predicted molar refractivity (Wildman–Crippen MR) is 73.6 cm³/mol. The Bertz CT molecular complexity index is 288. The molecule has 0 bridgehead atoms. The Kier molecular flexibility index (Phi) is 3.65. The number of nitrogens with zero attached hydrogens (tertiary/aromatic N) is 1. The van der Waals surface area contributed by atoms with Crippen molar-refractivity contribution in [3.8, 4) is 0 Å². The molecule has 1 aliphatic heterocycles. The van der Waals surface area contributed by atoms with Gasteiger partial charge in [-0.2, -0.15) is 0 Å². The van der Waals surface area contributed by atoms with Gasteiger partial charge in [-0.15, -0.1) is 0 Å². The quantitative estimate of drug-likeness (QED) is 0.724. The van der Waals surface area contributed by atoms with Crippen molar-refractivity contribution in [3.63, 3.8) is 0 Å². The summed E-state index contributed by atoms with van der Waals surface area (Å²) in [7, 11) is 0. The van der Waals surface area contributed by atoms with E-state index in [4.69, 9.17) is 0 Å². The van der Waals surface area contributed by atoms with Crippen LogP contribution >= 0.6 is 0 Å². The molecule has 0 radical (unpaired) electrons. The van der Waals surface area contributed by atoms with Gasteiger partial charge in [0.15, 0.2) is 0 Å². The Balaban J connectivity index is 1.67. The summed E-state index contributed by atoms with van der Waals surface area (Å²) in [5.41, 5.74) is 0.0128. The third-order valence-electron chi connectivity index (χ3n) is 5.17. The van der Waals surface area contributed by atoms with Crippen LogP contribution in [0.2, 0.25) is 0 Å². The minimum absolute atomic E-state index is 0.0128. The Hall–Kier alpha value is -0.120. The first-order valence-electron chi connectivity index (χ1n) is 7.90. The highest BCUT2D eigenvalue weighted by atomic mass is 16.3. The second kappa shape index (κ2) is 5.10. The van der Waals surface area contributed by atoms with Gasteiger partial charge in [0.05, 0.1) is 12.1 Å². The summed E-state index contributed by atoms with van der Waals surface area (Å²) in [6.45, 7) is 4.93. The highest BCUT2D eigenvalue weighted by Crippen LogP contribution is 2.42. The fourth-order valence-electron chi connectivity index (χ4n) is 3.72. The minimum Gasteiger partial charge on any atom is -0.394 e. The van der Waals surface area contributed by atoms with E-state index in [2.05, 4.69) is 17.1 Å². The van der Waals surface area contributed by atoms with Crippen LogP contribution in [0.1, 0.15) is 51.9 Å². The first-order valence-corrected chi connectivity index (χ1v) is 7.90. The Labute approximate surface area is 111 Å². The smallest absolute Gasteiger partial charge is 0.0628 e. The van der Waals surface area contributed by atoms with Crippen LogP contribution in [0.3, 0.4) is 0 Å². The average Bonchev–Trinajstić information content (AvgIpc) is 3.28. The van der Waals surface area contributed by atoms with Crippen LogP contribution in [0.15, 0.2) is 0 Å². The van der Waals surface area contributed by atoms with Crippen LogP contribution < -0.4 is 5.32 Å². The molecular formula is C15H28N2O. The highest BCUT2D eigenvalue weighted by Gasteiger charge is 2.48. The topological polar surface area (TPSA) is 35.5 Å². The lowest BCUT2D eigenvalue weighted by Gasteiger charge is -2.39. The molecule has 18 heavy (non-hydrogen) atoms. The van der Waals surface area contributed by atoms with E-state index in [1.165, 1.54) is 51.5 Å². The zero-order chi connectivity index (χ0) is 12.6. The summed E-state index contributed by atoms with van der Waals surface area (Å²) in [6.07, 6.45) is 9.20. The number of aliphatic hydroxyl groups excluding tert-OH is 1. The Morgan fingerprint density at radius 2 is 2.00 bits per heavy atom. The molecule has 2 aliphatic carbocycles. The maximum absolute atomic E-state index is 9.99. The Morgan fingerprint density at radius 3 is 2.56 bits per heavy atom. The lowest BCUT2D eigenvalue weighted by atomic mass is 9.92. The van der Waals surface area contributed by atoms with Gasteiger partial charge in [-0.25, -0.2) is 0 Å². The van der Waals surface area contributed by atoms with Gasteiger partial charge < -0.3 is 10.4 Å². The predicted octanol–water partition coefficient (Wildman–Crippen LogP) is 1.75. The number of rotatable bonds is 7. The molecule has 2 saturated carbocycles. The van der Waals surface area contributed by atoms with Crippen molar-refractivity contribution < 1.29 is 5.11 Å². The standard InChI is InChI=1S/C15H28N2O/c1-2-14-4-3-9-17(14)10-15(11-18,12-5-6-12)16-13-7-8-13/h12-14,16,18H,2-11H2,1H3. The van der Waals surface area contributed by atoms with Gasteiger partial charge in [0, 0.05) is 18.6 Å². The second-order valence-corrected chi connectivity index (χ2v) is 6.68. The van der Waals surface area contributed by atoms with Crippen molar-refractivity contribution in [2.45, 2.75) is 69.5 Å². The van der Waals surface area contributed by atoms with Crippen molar-refractivity contribution in [3.05, 3.63) is 0 Å². The average molecular weight is 252 g/mol. The van der Waals surface area contributed by atoms with Gasteiger partial charge in [0.25, 0.3) is 0 Å². The summed E-state index contributed by atoms with van der Waals surface area (Å²) in [6, 6.07) is 1.45. The zero-order valence-corrected chi connectivity index (χ0v) is 11.7. The van der Waals surface area contributed by atoms with Crippen LogP contribution in [-0.2, 0) is 0 Å². The zero-order valence-electron chi connectivity index (χ0n) is 11.7. The maximum Gasteiger partial charge on any atom is 0.0628 e. The summed E-state index contributed by atoms with van der Waals surface area (Å²) in [5.74, 6) is 0.723. The second-order valence-electron chi connectivity index (χ2n) is 6.68. The number of aliphatic hydroxyl groups is 1. The largest absolute Gasteiger partial charge is 0.394 e.